The van der Waals surface area contributed by atoms with Crippen LogP contribution in [-0.4, -0.2) is 40.0 Å². The lowest BCUT2D eigenvalue weighted by molar-refractivity contribution is 0.0774. The molecular weight excluding hydrogens is 500 g/mol. The summed E-state index contributed by atoms with van der Waals surface area (Å²) in [5, 5.41) is 1.50. The number of hydrogen-bond donors (Lipinski definition) is 0. The zero-order valence-electron chi connectivity index (χ0n) is 16.3. The molecule has 4 rings (SSSR count). The van der Waals surface area contributed by atoms with E-state index in [0.717, 1.165) is 5.56 Å². The van der Waals surface area contributed by atoms with Crippen LogP contribution < -0.4 is 4.74 Å². The van der Waals surface area contributed by atoms with E-state index in [0.29, 0.717) is 43.4 Å². The topological polar surface area (TPSA) is 55.3 Å². The highest BCUT2D eigenvalue weighted by Crippen LogP contribution is 2.39. The van der Waals surface area contributed by atoms with E-state index in [9.17, 15) is 4.79 Å². The Labute approximate surface area is 203 Å². The van der Waals surface area contributed by atoms with Crippen LogP contribution in [0.25, 0.3) is 0 Å². The molecule has 3 unspecified atom stereocenters. The molecule has 31 heavy (non-hydrogen) atoms. The molecule has 3 aromatic rings. The van der Waals surface area contributed by atoms with E-state index >= 15 is 0 Å². The van der Waals surface area contributed by atoms with Crippen LogP contribution in [0.5, 0.6) is 5.88 Å². The van der Waals surface area contributed by atoms with Gasteiger partial charge < -0.3 is 9.64 Å². The van der Waals surface area contributed by atoms with Crippen molar-refractivity contribution in [1.29, 1.82) is 0 Å². The Balaban J connectivity index is 1.60. The molecule has 1 aliphatic rings. The van der Waals surface area contributed by atoms with Gasteiger partial charge in [-0.1, -0.05) is 63.8 Å². The predicted molar refractivity (Wildman–Crippen MR) is 125 cm³/mol. The summed E-state index contributed by atoms with van der Waals surface area (Å²) in [6.07, 6.45) is 2.82. The largest absolute Gasteiger partial charge is 0.474 e. The van der Waals surface area contributed by atoms with Gasteiger partial charge in [0.05, 0.1) is 21.3 Å². The number of rotatable bonds is 5. The van der Waals surface area contributed by atoms with E-state index in [-0.39, 0.29) is 23.8 Å². The van der Waals surface area contributed by atoms with Gasteiger partial charge in [0.2, 0.25) is 5.88 Å². The summed E-state index contributed by atoms with van der Waals surface area (Å²) in [6.45, 7) is 3.00. The van der Waals surface area contributed by atoms with Crippen LogP contribution in [-0.2, 0) is 0 Å². The highest BCUT2D eigenvalue weighted by molar-refractivity contribution is 7.17. The molecule has 3 atom stereocenters. The summed E-state index contributed by atoms with van der Waals surface area (Å²) < 4.78 is 6.44. The van der Waals surface area contributed by atoms with E-state index in [4.69, 9.17) is 51.1 Å². The fourth-order valence-electron chi connectivity index (χ4n) is 3.78. The molecule has 10 heteroatoms. The minimum atomic E-state index is -0.226. The van der Waals surface area contributed by atoms with Crippen LogP contribution >= 0.6 is 57.7 Å². The monoisotopic (exact) mass is 515 g/mol. The first kappa shape index (κ1) is 22.6. The van der Waals surface area contributed by atoms with Gasteiger partial charge in [-0.05, 0) is 30.7 Å². The number of nitrogens with zero attached hydrogens (tertiary/aromatic N) is 3. The Morgan fingerprint density at radius 2 is 1.90 bits per heavy atom. The summed E-state index contributed by atoms with van der Waals surface area (Å²) in [7, 11) is 0. The van der Waals surface area contributed by atoms with Crippen molar-refractivity contribution >= 4 is 63.6 Å². The maximum Gasteiger partial charge on any atom is 0.265 e. The smallest absolute Gasteiger partial charge is 0.265 e. The molecule has 0 N–H and O–H groups in total. The maximum absolute atomic E-state index is 13.0. The van der Waals surface area contributed by atoms with Crippen LogP contribution in [0.4, 0.5) is 0 Å². The Kier molecular flexibility index (Phi) is 6.94. The first-order chi connectivity index (χ1) is 14.8. The molecule has 1 aliphatic heterocycles. The number of hydrogen-bond acceptors (Lipinski definition) is 5. The van der Waals surface area contributed by atoms with Gasteiger partial charge in [0.25, 0.3) is 5.91 Å². The fourth-order valence-corrected chi connectivity index (χ4v) is 5.11. The zero-order chi connectivity index (χ0) is 22.1. The van der Waals surface area contributed by atoms with E-state index in [1.165, 1.54) is 23.7 Å². The van der Waals surface area contributed by atoms with Crippen LogP contribution in [0, 0.1) is 5.92 Å². The molecular formula is C21H17Cl4N3O2S. The quantitative estimate of drug-likeness (QED) is 0.389. The Bertz CT molecular complexity index is 1090. The van der Waals surface area contributed by atoms with Crippen molar-refractivity contribution in [1.82, 2.24) is 14.9 Å². The van der Waals surface area contributed by atoms with E-state index < -0.39 is 0 Å². The molecule has 162 valence electrons. The fraction of sp³-hybridized carbons (Fsp3) is 0.286. The lowest BCUT2D eigenvalue weighted by Crippen LogP contribution is -2.32. The molecule has 1 amide bonds. The third-order valence-electron chi connectivity index (χ3n) is 5.32. The average Bonchev–Trinajstić information content (AvgIpc) is 3.38. The molecule has 1 saturated heterocycles. The molecule has 0 aliphatic carbocycles. The van der Waals surface area contributed by atoms with Crippen molar-refractivity contribution in [3.05, 3.63) is 72.7 Å². The number of carbonyl (C=O) groups is 1. The zero-order valence-corrected chi connectivity index (χ0v) is 20.1. The molecule has 0 bridgehead atoms. The highest BCUT2D eigenvalue weighted by atomic mass is 35.5. The van der Waals surface area contributed by atoms with Crippen molar-refractivity contribution in [3.8, 4) is 5.88 Å². The Hall–Kier alpha value is -1.57. The van der Waals surface area contributed by atoms with E-state index in [1.54, 1.807) is 23.1 Å². The summed E-state index contributed by atoms with van der Waals surface area (Å²) in [5.41, 5.74) is 0.997. The predicted octanol–water partition coefficient (Wildman–Crippen LogP) is 6.48. The van der Waals surface area contributed by atoms with Gasteiger partial charge in [-0.3, -0.25) is 4.79 Å². The maximum atomic E-state index is 13.0. The standard InChI is InChI=1S/C21H17Cl4N3O2S/c1-11(30-19-5-3-13(22)7-26-19)14-9-28(20(29)18-8-27-21(25)31-18)10-15(14)12-2-4-16(23)17(24)6-12/h2-8,11,14-15H,9-10H2,1H3. The minimum absolute atomic E-state index is 0.00191. The molecule has 3 heterocycles. The van der Waals surface area contributed by atoms with E-state index in [1.807, 2.05) is 19.1 Å². The minimum Gasteiger partial charge on any atom is -0.474 e. The molecule has 1 aromatic carbocycles. The van der Waals surface area contributed by atoms with Gasteiger partial charge in [-0.2, -0.15) is 0 Å². The second-order valence-corrected chi connectivity index (χ2v) is 10.1. The van der Waals surface area contributed by atoms with Gasteiger partial charge in [-0.15, -0.1) is 0 Å². The van der Waals surface area contributed by atoms with Gasteiger partial charge >= 0.3 is 0 Å². The molecule has 5 nitrogen and oxygen atoms in total. The summed E-state index contributed by atoms with van der Waals surface area (Å²) >= 11 is 25.4. The third kappa shape index (κ3) is 5.10. The normalized spacial score (nSPS) is 19.5. The number of carbonyl (C=O) groups excluding carboxylic acids is 1. The van der Waals surface area contributed by atoms with Crippen molar-refractivity contribution in [2.24, 2.45) is 5.92 Å². The molecule has 0 spiro atoms. The van der Waals surface area contributed by atoms with Gasteiger partial charge in [0.1, 0.15) is 11.0 Å². The summed E-state index contributed by atoms with van der Waals surface area (Å²) in [5.74, 6) is 0.379. The van der Waals surface area contributed by atoms with Crippen LogP contribution in [0.3, 0.4) is 0 Å². The first-order valence-corrected chi connectivity index (χ1v) is 11.8. The van der Waals surface area contributed by atoms with Crippen LogP contribution in [0.15, 0.2) is 42.7 Å². The molecule has 0 radical (unpaired) electrons. The number of halogens is 4. The average molecular weight is 517 g/mol. The van der Waals surface area contributed by atoms with Crippen molar-refractivity contribution in [3.63, 3.8) is 0 Å². The number of benzene rings is 1. The number of likely N-dealkylation sites (tertiary alicyclic amines) is 1. The second kappa shape index (κ2) is 9.51. The SMILES string of the molecule is CC(Oc1ccc(Cl)cn1)C1CN(C(=O)c2cnc(Cl)s2)CC1c1ccc(Cl)c(Cl)c1. The van der Waals surface area contributed by atoms with Crippen molar-refractivity contribution in [2.75, 3.05) is 13.1 Å². The number of pyridine rings is 1. The lowest BCUT2D eigenvalue weighted by atomic mass is 9.86. The molecule has 0 saturated carbocycles. The number of aromatic nitrogens is 2. The van der Waals surface area contributed by atoms with Crippen molar-refractivity contribution in [2.45, 2.75) is 18.9 Å². The van der Waals surface area contributed by atoms with Crippen molar-refractivity contribution < 1.29 is 9.53 Å². The van der Waals surface area contributed by atoms with Crippen LogP contribution in [0.2, 0.25) is 19.5 Å². The van der Waals surface area contributed by atoms with Crippen LogP contribution in [0.1, 0.15) is 28.1 Å². The highest BCUT2D eigenvalue weighted by Gasteiger charge is 2.41. The Morgan fingerprint density at radius 3 is 2.55 bits per heavy atom. The summed E-state index contributed by atoms with van der Waals surface area (Å²) in [6, 6.07) is 9.02. The Morgan fingerprint density at radius 1 is 1.10 bits per heavy atom. The molecule has 2 aromatic heterocycles. The van der Waals surface area contributed by atoms with E-state index in [2.05, 4.69) is 9.97 Å². The summed E-state index contributed by atoms with van der Waals surface area (Å²) in [4.78, 5) is 23.6. The first-order valence-electron chi connectivity index (χ1n) is 9.45. The lowest BCUT2D eigenvalue weighted by Gasteiger charge is -2.25. The molecule has 1 fully saturated rings. The third-order valence-corrected chi connectivity index (χ3v) is 7.39. The van der Waals surface area contributed by atoms with Gasteiger partial charge in [-0.25, -0.2) is 9.97 Å². The van der Waals surface area contributed by atoms with Gasteiger partial charge in [0, 0.05) is 37.2 Å². The number of amides is 1. The second-order valence-electron chi connectivity index (χ2n) is 7.27. The number of ether oxygens (including phenoxy) is 1. The number of thiazole rings is 1. The van der Waals surface area contributed by atoms with Gasteiger partial charge in [0.15, 0.2) is 4.47 Å².